The summed E-state index contributed by atoms with van der Waals surface area (Å²) in [4.78, 5) is 17.7. The molecule has 154 valence electrons. The van der Waals surface area contributed by atoms with Crippen LogP contribution in [0.15, 0.2) is 48.9 Å². The first-order valence-electron chi connectivity index (χ1n) is 10.3. The van der Waals surface area contributed by atoms with Gasteiger partial charge in [-0.1, -0.05) is 38.1 Å². The number of nitrogen functional groups attached to an aromatic ring is 1. The van der Waals surface area contributed by atoms with Gasteiger partial charge in [-0.2, -0.15) is 4.98 Å². The third kappa shape index (κ3) is 4.02. The molecular formula is C23H27N7. The minimum atomic E-state index is 0.251. The Kier molecular flexibility index (Phi) is 5.72. The number of benzene rings is 1. The Morgan fingerprint density at radius 3 is 2.77 bits per heavy atom. The van der Waals surface area contributed by atoms with Crippen molar-refractivity contribution in [1.82, 2.24) is 29.8 Å². The van der Waals surface area contributed by atoms with E-state index in [9.17, 15) is 0 Å². The van der Waals surface area contributed by atoms with Crippen LogP contribution in [0.5, 0.6) is 0 Å². The fourth-order valence-corrected chi connectivity index (χ4v) is 3.66. The molecule has 3 N–H and O–H groups in total. The summed E-state index contributed by atoms with van der Waals surface area (Å²) in [7, 11) is 0. The number of nitrogens with two attached hydrogens (primary N) is 1. The number of aryl methyl sites for hydroxylation is 1. The molecule has 0 fully saturated rings. The van der Waals surface area contributed by atoms with Gasteiger partial charge in [-0.3, -0.25) is 4.98 Å². The lowest BCUT2D eigenvalue weighted by Gasteiger charge is -2.12. The first-order chi connectivity index (χ1) is 14.6. The quantitative estimate of drug-likeness (QED) is 0.490. The fourth-order valence-electron chi connectivity index (χ4n) is 3.66. The van der Waals surface area contributed by atoms with Gasteiger partial charge in [-0.25, -0.2) is 9.97 Å². The number of nitrogens with zero attached hydrogens (tertiary/aromatic N) is 5. The summed E-state index contributed by atoms with van der Waals surface area (Å²) in [5.74, 6) is 1.10. The zero-order valence-corrected chi connectivity index (χ0v) is 17.6. The van der Waals surface area contributed by atoms with Gasteiger partial charge in [-0.05, 0) is 37.1 Å². The Hall–Kier alpha value is -3.32. The summed E-state index contributed by atoms with van der Waals surface area (Å²) in [5.41, 5.74) is 11.8. The second-order valence-corrected chi connectivity index (χ2v) is 7.60. The molecule has 30 heavy (non-hydrogen) atoms. The minimum absolute atomic E-state index is 0.251. The van der Waals surface area contributed by atoms with E-state index in [2.05, 4.69) is 69.9 Å². The molecule has 0 amide bonds. The van der Waals surface area contributed by atoms with Gasteiger partial charge in [0, 0.05) is 36.1 Å². The maximum atomic E-state index is 5.81. The van der Waals surface area contributed by atoms with E-state index >= 15 is 0 Å². The second-order valence-electron chi connectivity index (χ2n) is 7.60. The van der Waals surface area contributed by atoms with E-state index in [4.69, 9.17) is 10.7 Å². The lowest BCUT2D eigenvalue weighted by molar-refractivity contribution is 0.590. The van der Waals surface area contributed by atoms with Gasteiger partial charge in [-0.15, -0.1) is 0 Å². The van der Waals surface area contributed by atoms with Crippen LogP contribution in [0.2, 0.25) is 0 Å². The van der Waals surface area contributed by atoms with E-state index < -0.39 is 0 Å². The number of aromatic nitrogens is 5. The molecule has 0 radical (unpaired) electrons. The van der Waals surface area contributed by atoms with E-state index in [1.165, 1.54) is 5.56 Å². The summed E-state index contributed by atoms with van der Waals surface area (Å²) in [6.45, 7) is 8.08. The van der Waals surface area contributed by atoms with Crippen molar-refractivity contribution in [3.8, 4) is 22.5 Å². The molecule has 1 aromatic carbocycles. The Labute approximate surface area is 176 Å². The summed E-state index contributed by atoms with van der Waals surface area (Å²) >= 11 is 0. The number of hydrogen-bond donors (Lipinski definition) is 2. The van der Waals surface area contributed by atoms with Crippen LogP contribution in [0.4, 0.5) is 5.95 Å². The molecule has 7 nitrogen and oxygen atoms in total. The summed E-state index contributed by atoms with van der Waals surface area (Å²) in [6, 6.07) is 11.1. The molecule has 0 aliphatic carbocycles. The van der Waals surface area contributed by atoms with Gasteiger partial charge < -0.3 is 15.6 Å². The van der Waals surface area contributed by atoms with Crippen molar-refractivity contribution in [2.45, 2.75) is 39.8 Å². The highest BCUT2D eigenvalue weighted by Crippen LogP contribution is 2.33. The molecule has 7 heteroatoms. The monoisotopic (exact) mass is 401 g/mol. The minimum Gasteiger partial charge on any atom is -0.368 e. The van der Waals surface area contributed by atoms with Crippen LogP contribution >= 0.6 is 0 Å². The van der Waals surface area contributed by atoms with Crippen molar-refractivity contribution in [1.29, 1.82) is 0 Å². The van der Waals surface area contributed by atoms with E-state index in [0.29, 0.717) is 6.04 Å². The molecule has 3 aromatic heterocycles. The Morgan fingerprint density at radius 2 is 1.97 bits per heavy atom. The maximum absolute atomic E-state index is 5.81. The normalized spacial score (nSPS) is 11.5. The highest BCUT2D eigenvalue weighted by atomic mass is 15.2. The standard InChI is InChI=1S/C23H27N7/c1-4-30-21(28-20-14-27-23(24)29-22(20)30)18-9-10-25-13-19(18)17-7-5-6-16(12-17)8-11-26-15(2)3/h5-7,9-10,12-15,26H,4,8,11H2,1-3H3,(H2,24,27,29). The van der Waals surface area contributed by atoms with Crippen molar-refractivity contribution in [2.24, 2.45) is 0 Å². The van der Waals surface area contributed by atoms with E-state index in [0.717, 1.165) is 53.2 Å². The predicted octanol–water partition coefficient (Wildman–Crippen LogP) is 3.70. The smallest absolute Gasteiger partial charge is 0.222 e. The Morgan fingerprint density at radius 1 is 1.10 bits per heavy atom. The second kappa shape index (κ2) is 8.59. The molecular weight excluding hydrogens is 374 g/mol. The maximum Gasteiger partial charge on any atom is 0.222 e. The van der Waals surface area contributed by atoms with Gasteiger partial charge in [0.25, 0.3) is 0 Å². The molecule has 0 atom stereocenters. The van der Waals surface area contributed by atoms with Crippen molar-refractivity contribution in [3.05, 3.63) is 54.5 Å². The molecule has 4 rings (SSSR count). The number of hydrogen-bond acceptors (Lipinski definition) is 6. The topological polar surface area (TPSA) is 94.5 Å². The summed E-state index contributed by atoms with van der Waals surface area (Å²) in [6.07, 6.45) is 6.36. The van der Waals surface area contributed by atoms with Crippen LogP contribution in [0.1, 0.15) is 26.3 Å². The van der Waals surface area contributed by atoms with Crippen LogP contribution in [-0.2, 0) is 13.0 Å². The molecule has 4 aromatic rings. The first kappa shape index (κ1) is 20.0. The van der Waals surface area contributed by atoms with Crippen LogP contribution in [0.25, 0.3) is 33.7 Å². The summed E-state index contributed by atoms with van der Waals surface area (Å²) in [5, 5.41) is 3.48. The number of rotatable bonds is 7. The zero-order valence-electron chi connectivity index (χ0n) is 17.6. The molecule has 3 heterocycles. The molecule has 0 aliphatic rings. The van der Waals surface area contributed by atoms with Gasteiger partial charge in [0.05, 0.1) is 6.20 Å². The number of pyridine rings is 1. The van der Waals surface area contributed by atoms with E-state index in [1.54, 1.807) is 12.4 Å². The largest absolute Gasteiger partial charge is 0.368 e. The SMILES string of the molecule is CCn1c(-c2ccncc2-c2cccc(CCNC(C)C)c2)nc2cnc(N)nc21. The van der Waals surface area contributed by atoms with Crippen molar-refractivity contribution < 1.29 is 0 Å². The van der Waals surface area contributed by atoms with Crippen LogP contribution in [0, 0.1) is 0 Å². The average molecular weight is 402 g/mol. The molecule has 0 unspecified atom stereocenters. The van der Waals surface area contributed by atoms with Crippen molar-refractivity contribution >= 4 is 17.1 Å². The lowest BCUT2D eigenvalue weighted by atomic mass is 9.98. The molecule has 0 spiro atoms. The predicted molar refractivity (Wildman–Crippen MR) is 121 cm³/mol. The highest BCUT2D eigenvalue weighted by Gasteiger charge is 2.17. The average Bonchev–Trinajstić information content (AvgIpc) is 3.11. The molecule has 0 bridgehead atoms. The fraction of sp³-hybridized carbons (Fsp3) is 0.304. The highest BCUT2D eigenvalue weighted by molar-refractivity contribution is 5.85. The Balaban J connectivity index is 1.77. The third-order valence-electron chi connectivity index (χ3n) is 5.09. The van der Waals surface area contributed by atoms with Crippen molar-refractivity contribution in [2.75, 3.05) is 12.3 Å². The van der Waals surface area contributed by atoms with Gasteiger partial charge in [0.15, 0.2) is 5.65 Å². The molecule has 0 saturated carbocycles. The zero-order chi connectivity index (χ0) is 21.1. The van der Waals surface area contributed by atoms with E-state index in [-0.39, 0.29) is 5.95 Å². The first-order valence-corrected chi connectivity index (χ1v) is 10.3. The van der Waals surface area contributed by atoms with Gasteiger partial charge >= 0.3 is 0 Å². The van der Waals surface area contributed by atoms with Crippen LogP contribution in [-0.4, -0.2) is 37.1 Å². The molecule has 0 saturated heterocycles. The van der Waals surface area contributed by atoms with E-state index in [1.807, 2.05) is 12.3 Å². The van der Waals surface area contributed by atoms with Gasteiger partial charge in [0.2, 0.25) is 5.95 Å². The number of fused-ring (bicyclic) bond motifs is 1. The number of anilines is 1. The van der Waals surface area contributed by atoms with Gasteiger partial charge in [0.1, 0.15) is 11.3 Å². The van der Waals surface area contributed by atoms with Crippen molar-refractivity contribution in [3.63, 3.8) is 0 Å². The van der Waals surface area contributed by atoms with Crippen LogP contribution < -0.4 is 11.1 Å². The Bertz CT molecular complexity index is 1160. The number of imidazole rings is 1. The lowest BCUT2D eigenvalue weighted by Crippen LogP contribution is -2.24. The van der Waals surface area contributed by atoms with Crippen LogP contribution in [0.3, 0.4) is 0 Å². The number of nitrogens with one attached hydrogen (secondary N) is 1. The summed E-state index contributed by atoms with van der Waals surface area (Å²) < 4.78 is 2.07. The molecule has 0 aliphatic heterocycles. The third-order valence-corrected chi connectivity index (χ3v) is 5.09.